The van der Waals surface area contributed by atoms with E-state index in [1.807, 2.05) is 0 Å². The molecule has 1 aromatic rings. The molecule has 2 N–H and O–H groups in total. The molecule has 2 rings (SSSR count). The van der Waals surface area contributed by atoms with Gasteiger partial charge in [0.05, 0.1) is 12.1 Å². The van der Waals surface area contributed by atoms with Crippen LogP contribution in [0.3, 0.4) is 0 Å². The minimum atomic E-state index is -4.82. The highest BCUT2D eigenvalue weighted by atomic mass is 19.4. The summed E-state index contributed by atoms with van der Waals surface area (Å²) in [6.45, 7) is 8.21. The Kier molecular flexibility index (Phi) is 4.90. The van der Waals surface area contributed by atoms with E-state index < -0.39 is 47.2 Å². The number of rotatable bonds is 3. The van der Waals surface area contributed by atoms with Gasteiger partial charge in [-0.25, -0.2) is 4.85 Å². The molecular formula is C15H12F6N4O. The monoisotopic (exact) mass is 378 g/mol. The average molecular weight is 378 g/mol. The highest BCUT2D eigenvalue weighted by Crippen LogP contribution is 2.38. The van der Waals surface area contributed by atoms with Crippen LogP contribution in [0.15, 0.2) is 23.3 Å². The van der Waals surface area contributed by atoms with Gasteiger partial charge in [-0.3, -0.25) is 10.2 Å². The third-order valence-corrected chi connectivity index (χ3v) is 3.92. The number of hydrazone groups is 1. The molecule has 0 bridgehead atoms. The summed E-state index contributed by atoms with van der Waals surface area (Å²) in [5.41, 5.74) is -2.93. The van der Waals surface area contributed by atoms with Crippen LogP contribution in [0, 0.1) is 6.57 Å². The van der Waals surface area contributed by atoms with Crippen molar-refractivity contribution in [2.45, 2.75) is 37.7 Å². The molecule has 5 nitrogen and oxygen atoms in total. The maximum absolute atomic E-state index is 13.0. The fourth-order valence-corrected chi connectivity index (χ4v) is 2.39. The van der Waals surface area contributed by atoms with Crippen LogP contribution >= 0.6 is 0 Å². The summed E-state index contributed by atoms with van der Waals surface area (Å²) in [6.07, 6.45) is -10.4. The van der Waals surface area contributed by atoms with Gasteiger partial charge in [-0.05, 0) is 18.6 Å². The van der Waals surface area contributed by atoms with Gasteiger partial charge in [-0.15, -0.1) is 0 Å². The molecule has 1 atom stereocenters. The Labute approximate surface area is 143 Å². The predicted molar refractivity (Wildman–Crippen MR) is 80.6 cm³/mol. The van der Waals surface area contributed by atoms with E-state index in [0.29, 0.717) is 6.07 Å². The Morgan fingerprint density at radius 3 is 2.42 bits per heavy atom. The molecule has 0 aliphatic carbocycles. The molecule has 26 heavy (non-hydrogen) atoms. The SMILES string of the molecule is [C-]#[N+]c1ccc(NC(=O)[C@@]2(CC)CC(C(F)(F)F)=NN2)cc1C(F)(F)F. The van der Waals surface area contributed by atoms with Crippen molar-refractivity contribution < 1.29 is 31.1 Å². The van der Waals surface area contributed by atoms with Crippen LogP contribution in [0.25, 0.3) is 4.85 Å². The number of carbonyl (C=O) groups is 1. The molecule has 11 heteroatoms. The summed E-state index contributed by atoms with van der Waals surface area (Å²) in [4.78, 5) is 15.2. The first-order valence-electron chi connectivity index (χ1n) is 7.24. The maximum atomic E-state index is 13.0. The molecule has 1 aromatic carbocycles. The lowest BCUT2D eigenvalue weighted by Crippen LogP contribution is -2.50. The van der Waals surface area contributed by atoms with Crippen molar-refractivity contribution in [2.75, 3.05) is 5.32 Å². The molecule has 1 amide bonds. The van der Waals surface area contributed by atoms with E-state index in [0.717, 1.165) is 12.1 Å². The molecule has 1 aliphatic heterocycles. The van der Waals surface area contributed by atoms with Gasteiger partial charge < -0.3 is 5.32 Å². The van der Waals surface area contributed by atoms with Crippen molar-refractivity contribution >= 4 is 23.0 Å². The Bertz CT molecular complexity index is 793. The van der Waals surface area contributed by atoms with E-state index in [2.05, 4.69) is 20.7 Å². The van der Waals surface area contributed by atoms with Gasteiger partial charge in [0.1, 0.15) is 11.3 Å². The minimum Gasteiger partial charge on any atom is -0.324 e. The van der Waals surface area contributed by atoms with E-state index >= 15 is 0 Å². The maximum Gasteiger partial charge on any atom is 0.431 e. The number of anilines is 1. The molecule has 0 spiro atoms. The summed E-state index contributed by atoms with van der Waals surface area (Å²) in [5.74, 6) is -0.952. The first-order chi connectivity index (χ1) is 11.9. The number of alkyl halides is 6. The van der Waals surface area contributed by atoms with Gasteiger partial charge in [0.15, 0.2) is 5.69 Å². The second-order valence-corrected chi connectivity index (χ2v) is 5.58. The normalized spacial score (nSPS) is 20.2. The third-order valence-electron chi connectivity index (χ3n) is 3.92. The summed E-state index contributed by atoms with van der Waals surface area (Å²) in [5, 5.41) is 5.31. The standard InChI is InChI=1S/C15H12F6N4O/c1-3-13(7-11(24-25-13)15(19,20)21)12(26)23-8-4-5-10(22-2)9(6-8)14(16,17)18/h4-6,25H,3,7H2,1H3,(H,23,26)/t13-/m1/s1. The summed E-state index contributed by atoms with van der Waals surface area (Å²) < 4.78 is 77.1. The second-order valence-electron chi connectivity index (χ2n) is 5.58. The highest BCUT2D eigenvalue weighted by Gasteiger charge is 2.49. The minimum absolute atomic E-state index is 0.0752. The van der Waals surface area contributed by atoms with Crippen molar-refractivity contribution in [1.82, 2.24) is 5.43 Å². The zero-order chi connectivity index (χ0) is 19.8. The number of nitrogens with zero attached hydrogens (tertiary/aromatic N) is 2. The Hall–Kier alpha value is -2.77. The van der Waals surface area contributed by atoms with Crippen molar-refractivity contribution in [3.63, 3.8) is 0 Å². The van der Waals surface area contributed by atoms with E-state index in [4.69, 9.17) is 6.57 Å². The van der Waals surface area contributed by atoms with E-state index in [1.165, 1.54) is 6.92 Å². The number of nitrogens with one attached hydrogen (secondary N) is 2. The fourth-order valence-electron chi connectivity index (χ4n) is 2.39. The summed E-state index contributed by atoms with van der Waals surface area (Å²) >= 11 is 0. The Morgan fingerprint density at radius 2 is 1.96 bits per heavy atom. The van der Waals surface area contributed by atoms with E-state index in [-0.39, 0.29) is 12.1 Å². The van der Waals surface area contributed by atoms with Crippen molar-refractivity contribution in [2.24, 2.45) is 5.10 Å². The Morgan fingerprint density at radius 1 is 1.31 bits per heavy atom. The lowest BCUT2D eigenvalue weighted by molar-refractivity contribution is -0.136. The smallest absolute Gasteiger partial charge is 0.324 e. The lowest BCUT2D eigenvalue weighted by Gasteiger charge is -2.26. The zero-order valence-electron chi connectivity index (χ0n) is 13.2. The van der Waals surface area contributed by atoms with Crippen LogP contribution in [-0.2, 0) is 11.0 Å². The van der Waals surface area contributed by atoms with Crippen LogP contribution in [0.1, 0.15) is 25.3 Å². The first-order valence-corrected chi connectivity index (χ1v) is 7.24. The van der Waals surface area contributed by atoms with Gasteiger partial charge in [-0.1, -0.05) is 13.0 Å². The zero-order valence-corrected chi connectivity index (χ0v) is 13.2. The molecule has 0 saturated heterocycles. The molecule has 140 valence electrons. The fraction of sp³-hybridized carbons (Fsp3) is 0.400. The van der Waals surface area contributed by atoms with Gasteiger partial charge in [0, 0.05) is 12.1 Å². The van der Waals surface area contributed by atoms with E-state index in [9.17, 15) is 31.1 Å². The predicted octanol–water partition coefficient (Wildman–Crippen LogP) is 4.26. The van der Waals surface area contributed by atoms with Crippen molar-refractivity contribution in [3.05, 3.63) is 35.2 Å². The molecule has 0 radical (unpaired) electrons. The summed E-state index contributed by atoms with van der Waals surface area (Å²) in [6, 6.07) is 2.52. The molecule has 1 aliphatic rings. The quantitative estimate of drug-likeness (QED) is 0.610. The van der Waals surface area contributed by atoms with Crippen LogP contribution in [0.4, 0.5) is 37.7 Å². The van der Waals surface area contributed by atoms with Crippen molar-refractivity contribution in [3.8, 4) is 0 Å². The van der Waals surface area contributed by atoms with Gasteiger partial charge >= 0.3 is 12.4 Å². The molecule has 0 saturated carbocycles. The number of halogens is 6. The molecule has 0 fully saturated rings. The Balaban J connectivity index is 2.26. The number of hydrogen-bond acceptors (Lipinski definition) is 3. The topological polar surface area (TPSA) is 57.9 Å². The van der Waals surface area contributed by atoms with Gasteiger partial charge in [0.2, 0.25) is 0 Å². The number of benzene rings is 1. The van der Waals surface area contributed by atoms with Crippen LogP contribution in [0.2, 0.25) is 0 Å². The largest absolute Gasteiger partial charge is 0.431 e. The second kappa shape index (κ2) is 6.51. The molecule has 0 unspecified atom stereocenters. The third kappa shape index (κ3) is 3.74. The lowest BCUT2D eigenvalue weighted by atomic mass is 9.90. The molecule has 0 aromatic heterocycles. The number of amides is 1. The van der Waals surface area contributed by atoms with Crippen LogP contribution in [-0.4, -0.2) is 23.3 Å². The van der Waals surface area contributed by atoms with Gasteiger partial charge in [0.25, 0.3) is 5.91 Å². The van der Waals surface area contributed by atoms with Crippen LogP contribution < -0.4 is 10.7 Å². The van der Waals surface area contributed by atoms with E-state index in [1.54, 1.807) is 0 Å². The first kappa shape index (κ1) is 19.6. The number of hydrogen-bond donors (Lipinski definition) is 2. The molecule has 1 heterocycles. The highest BCUT2D eigenvalue weighted by molar-refractivity contribution is 6.05. The van der Waals surface area contributed by atoms with Crippen LogP contribution in [0.5, 0.6) is 0 Å². The van der Waals surface area contributed by atoms with Gasteiger partial charge in [-0.2, -0.15) is 31.4 Å². The average Bonchev–Trinajstić information content (AvgIpc) is 3.00. The molecular weight excluding hydrogens is 366 g/mol. The number of carbonyl (C=O) groups excluding carboxylic acids is 1. The summed E-state index contributed by atoms with van der Waals surface area (Å²) in [7, 11) is 0. The van der Waals surface area contributed by atoms with Crippen molar-refractivity contribution in [1.29, 1.82) is 0 Å².